The second-order valence-corrected chi connectivity index (χ2v) is 6.79. The number of carbonyl (C=O) groups is 1. The summed E-state index contributed by atoms with van der Waals surface area (Å²) in [6.45, 7) is 6.45. The summed E-state index contributed by atoms with van der Waals surface area (Å²) in [6.07, 6.45) is 3.48. The van der Waals surface area contributed by atoms with Gasteiger partial charge in [-0.15, -0.1) is 0 Å². The van der Waals surface area contributed by atoms with E-state index in [1.54, 1.807) is 18.2 Å². The van der Waals surface area contributed by atoms with Gasteiger partial charge in [-0.25, -0.2) is 14.4 Å². The molecule has 144 valence electrons. The number of hydrogen-bond donors (Lipinski definition) is 2. The van der Waals surface area contributed by atoms with Crippen LogP contribution in [0, 0.1) is 26.6 Å². The highest BCUT2D eigenvalue weighted by atomic mass is 19.1. The molecule has 6 heteroatoms. The molecule has 28 heavy (non-hydrogen) atoms. The molecule has 0 atom stereocenters. The summed E-state index contributed by atoms with van der Waals surface area (Å²) in [6, 6.07) is 10.7. The molecule has 0 spiro atoms. The second kappa shape index (κ2) is 8.61. The molecule has 1 aromatic heterocycles. The lowest BCUT2D eigenvalue weighted by Gasteiger charge is -2.13. The average molecular weight is 378 g/mol. The van der Waals surface area contributed by atoms with Crippen molar-refractivity contribution >= 4 is 17.5 Å². The molecule has 0 aliphatic rings. The number of aromatic nitrogens is 2. The van der Waals surface area contributed by atoms with Gasteiger partial charge >= 0.3 is 0 Å². The van der Waals surface area contributed by atoms with Crippen LogP contribution in [0.3, 0.4) is 0 Å². The van der Waals surface area contributed by atoms with Gasteiger partial charge < -0.3 is 10.6 Å². The Morgan fingerprint density at radius 2 is 1.68 bits per heavy atom. The van der Waals surface area contributed by atoms with Gasteiger partial charge in [-0.1, -0.05) is 35.9 Å². The zero-order valence-electron chi connectivity index (χ0n) is 16.2. The average Bonchev–Trinajstić information content (AvgIpc) is 2.66. The van der Waals surface area contributed by atoms with Crippen LogP contribution >= 0.6 is 0 Å². The number of nitrogens with zero attached hydrogens (tertiary/aromatic N) is 2. The Hall–Kier alpha value is -3.28. The molecular formula is C22H23FN4O. The Morgan fingerprint density at radius 1 is 1.04 bits per heavy atom. The van der Waals surface area contributed by atoms with Crippen LogP contribution in [-0.2, 0) is 6.42 Å². The maximum atomic E-state index is 13.6. The third kappa shape index (κ3) is 4.71. The number of anilines is 2. The van der Waals surface area contributed by atoms with E-state index in [9.17, 15) is 9.18 Å². The van der Waals surface area contributed by atoms with Crippen molar-refractivity contribution in [2.45, 2.75) is 27.2 Å². The summed E-state index contributed by atoms with van der Waals surface area (Å²) in [5.74, 6) is -0.0810. The third-order valence-corrected chi connectivity index (χ3v) is 4.46. The Kier molecular flexibility index (Phi) is 5.99. The van der Waals surface area contributed by atoms with Gasteiger partial charge in [0.15, 0.2) is 0 Å². The lowest BCUT2D eigenvalue weighted by atomic mass is 10.0. The van der Waals surface area contributed by atoms with Crippen LogP contribution in [0.4, 0.5) is 16.0 Å². The topological polar surface area (TPSA) is 66.9 Å². The SMILES string of the molecule is Cc1cc(C)c(NC(=O)c2cnc(NCCc3ccccc3F)nc2)c(C)c1. The summed E-state index contributed by atoms with van der Waals surface area (Å²) in [5.41, 5.74) is 5.00. The summed E-state index contributed by atoms with van der Waals surface area (Å²) in [4.78, 5) is 20.9. The minimum Gasteiger partial charge on any atom is -0.354 e. The molecular weight excluding hydrogens is 355 g/mol. The lowest BCUT2D eigenvalue weighted by molar-refractivity contribution is 0.102. The fraction of sp³-hybridized carbons (Fsp3) is 0.227. The first-order valence-electron chi connectivity index (χ1n) is 9.12. The number of nitrogens with one attached hydrogen (secondary N) is 2. The van der Waals surface area contributed by atoms with E-state index in [1.165, 1.54) is 18.5 Å². The molecule has 2 N–H and O–H groups in total. The molecule has 2 aromatic carbocycles. The summed E-state index contributed by atoms with van der Waals surface area (Å²) < 4.78 is 13.6. The van der Waals surface area contributed by atoms with E-state index >= 15 is 0 Å². The summed E-state index contributed by atoms with van der Waals surface area (Å²) in [7, 11) is 0. The van der Waals surface area contributed by atoms with Gasteiger partial charge in [0.05, 0.1) is 5.56 Å². The maximum Gasteiger partial charge on any atom is 0.258 e. The van der Waals surface area contributed by atoms with Gasteiger partial charge in [-0.2, -0.15) is 0 Å². The Balaban J connectivity index is 1.59. The standard InChI is InChI=1S/C22H23FN4O/c1-14-10-15(2)20(16(3)11-14)27-21(28)18-12-25-22(26-13-18)24-9-8-17-6-4-5-7-19(17)23/h4-7,10-13H,8-9H2,1-3H3,(H,27,28)(H,24,25,26). The smallest absolute Gasteiger partial charge is 0.258 e. The highest BCUT2D eigenvalue weighted by molar-refractivity contribution is 6.04. The van der Waals surface area contributed by atoms with Crippen LogP contribution in [0.5, 0.6) is 0 Å². The van der Waals surface area contributed by atoms with Gasteiger partial charge in [0.25, 0.3) is 5.91 Å². The number of benzene rings is 2. The van der Waals surface area contributed by atoms with Crippen LogP contribution in [0.1, 0.15) is 32.6 Å². The first-order chi connectivity index (χ1) is 13.4. The van der Waals surface area contributed by atoms with Crippen molar-refractivity contribution in [2.75, 3.05) is 17.2 Å². The second-order valence-electron chi connectivity index (χ2n) is 6.79. The summed E-state index contributed by atoms with van der Waals surface area (Å²) in [5, 5.41) is 5.97. The van der Waals surface area contributed by atoms with Crippen LogP contribution in [0.15, 0.2) is 48.8 Å². The summed E-state index contributed by atoms with van der Waals surface area (Å²) >= 11 is 0. The van der Waals surface area contributed by atoms with Crippen molar-refractivity contribution in [3.05, 3.63) is 82.4 Å². The fourth-order valence-corrected chi connectivity index (χ4v) is 3.11. The number of carbonyl (C=O) groups excluding carboxylic acids is 1. The Bertz CT molecular complexity index is 963. The van der Waals surface area contributed by atoms with Crippen molar-refractivity contribution < 1.29 is 9.18 Å². The van der Waals surface area contributed by atoms with E-state index in [2.05, 4.69) is 20.6 Å². The van der Waals surface area contributed by atoms with Gasteiger partial charge in [0.1, 0.15) is 5.82 Å². The molecule has 0 aliphatic heterocycles. The molecule has 0 saturated carbocycles. The number of amides is 1. The van der Waals surface area contributed by atoms with E-state index in [-0.39, 0.29) is 11.7 Å². The molecule has 0 unspecified atom stereocenters. The molecule has 0 bridgehead atoms. The van der Waals surface area contributed by atoms with Crippen molar-refractivity contribution in [3.63, 3.8) is 0 Å². The monoisotopic (exact) mass is 378 g/mol. The molecule has 0 fully saturated rings. The molecule has 0 saturated heterocycles. The molecule has 5 nitrogen and oxygen atoms in total. The minimum absolute atomic E-state index is 0.223. The van der Waals surface area contributed by atoms with Gasteiger partial charge in [-0.3, -0.25) is 4.79 Å². The maximum absolute atomic E-state index is 13.6. The number of rotatable bonds is 6. The minimum atomic E-state index is -0.257. The predicted molar refractivity (Wildman–Crippen MR) is 109 cm³/mol. The van der Waals surface area contributed by atoms with Crippen LogP contribution in [-0.4, -0.2) is 22.4 Å². The van der Waals surface area contributed by atoms with Crippen molar-refractivity contribution in [1.29, 1.82) is 0 Å². The van der Waals surface area contributed by atoms with E-state index in [1.807, 2.05) is 32.9 Å². The van der Waals surface area contributed by atoms with Crippen LogP contribution in [0.2, 0.25) is 0 Å². The molecule has 1 heterocycles. The number of halogens is 1. The van der Waals surface area contributed by atoms with E-state index < -0.39 is 0 Å². The quantitative estimate of drug-likeness (QED) is 0.665. The number of aryl methyl sites for hydroxylation is 3. The van der Waals surface area contributed by atoms with Gasteiger partial charge in [0.2, 0.25) is 5.95 Å². The lowest BCUT2D eigenvalue weighted by Crippen LogP contribution is -2.15. The zero-order chi connectivity index (χ0) is 20.1. The van der Waals surface area contributed by atoms with Gasteiger partial charge in [0, 0.05) is 24.6 Å². The van der Waals surface area contributed by atoms with Crippen molar-refractivity contribution in [2.24, 2.45) is 0 Å². The van der Waals surface area contributed by atoms with E-state index in [0.29, 0.717) is 30.0 Å². The highest BCUT2D eigenvalue weighted by Gasteiger charge is 2.11. The van der Waals surface area contributed by atoms with Gasteiger partial charge in [-0.05, 0) is 49.9 Å². The number of hydrogen-bond acceptors (Lipinski definition) is 4. The van der Waals surface area contributed by atoms with Crippen LogP contribution in [0.25, 0.3) is 0 Å². The zero-order valence-corrected chi connectivity index (χ0v) is 16.2. The highest BCUT2D eigenvalue weighted by Crippen LogP contribution is 2.22. The predicted octanol–water partition coefficient (Wildman–Crippen LogP) is 4.45. The largest absolute Gasteiger partial charge is 0.354 e. The van der Waals surface area contributed by atoms with E-state index in [4.69, 9.17) is 0 Å². The Morgan fingerprint density at radius 3 is 2.32 bits per heavy atom. The van der Waals surface area contributed by atoms with Crippen molar-refractivity contribution in [3.8, 4) is 0 Å². The fourth-order valence-electron chi connectivity index (χ4n) is 3.11. The van der Waals surface area contributed by atoms with E-state index in [0.717, 1.165) is 22.4 Å². The first kappa shape index (κ1) is 19.5. The third-order valence-electron chi connectivity index (χ3n) is 4.46. The first-order valence-corrected chi connectivity index (χ1v) is 9.12. The van der Waals surface area contributed by atoms with Crippen LogP contribution < -0.4 is 10.6 Å². The molecule has 0 aliphatic carbocycles. The molecule has 3 rings (SSSR count). The van der Waals surface area contributed by atoms with Crippen molar-refractivity contribution in [1.82, 2.24) is 9.97 Å². The normalized spacial score (nSPS) is 10.6. The molecule has 0 radical (unpaired) electrons. The Labute approximate surface area is 164 Å². The molecule has 3 aromatic rings. The molecule has 1 amide bonds.